The minimum atomic E-state index is 0.186. The van der Waals surface area contributed by atoms with Crippen LogP contribution >= 0.6 is 11.6 Å². The number of halogens is 1. The van der Waals surface area contributed by atoms with Gasteiger partial charge in [-0.2, -0.15) is 0 Å². The molecule has 0 bridgehead atoms. The van der Waals surface area contributed by atoms with E-state index < -0.39 is 0 Å². The van der Waals surface area contributed by atoms with E-state index in [-0.39, 0.29) is 13.2 Å². The Morgan fingerprint density at radius 2 is 1.89 bits per heavy atom. The first kappa shape index (κ1) is 14.4. The second kappa shape index (κ2) is 6.42. The van der Waals surface area contributed by atoms with Gasteiger partial charge in [-0.05, 0) is 49.4 Å². The Labute approximate surface area is 118 Å². The van der Waals surface area contributed by atoms with E-state index in [9.17, 15) is 0 Å². The SMILES string of the molecule is Cc1cc2c(CCCO)cn(CCCO)c2cc1Cl. The third-order valence-corrected chi connectivity index (χ3v) is 3.81. The van der Waals surface area contributed by atoms with Gasteiger partial charge in [0.2, 0.25) is 0 Å². The predicted molar refractivity (Wildman–Crippen MR) is 78.8 cm³/mol. The highest BCUT2D eigenvalue weighted by Gasteiger charge is 2.10. The average molecular weight is 282 g/mol. The predicted octanol–water partition coefficient (Wildman–Crippen LogP) is 2.91. The average Bonchev–Trinajstić information content (AvgIpc) is 2.72. The molecule has 2 aromatic rings. The fourth-order valence-corrected chi connectivity index (χ4v) is 2.55. The summed E-state index contributed by atoms with van der Waals surface area (Å²) in [6, 6.07) is 4.10. The molecule has 0 amide bonds. The monoisotopic (exact) mass is 281 g/mol. The number of aryl methyl sites for hydroxylation is 3. The normalized spacial score (nSPS) is 11.4. The Bertz CT molecular complexity index is 515. The van der Waals surface area contributed by atoms with Crippen LogP contribution in [0.2, 0.25) is 5.02 Å². The summed E-state index contributed by atoms with van der Waals surface area (Å²) < 4.78 is 2.14. The van der Waals surface area contributed by atoms with Gasteiger partial charge in [-0.1, -0.05) is 11.6 Å². The van der Waals surface area contributed by atoms with Crippen molar-refractivity contribution in [1.82, 2.24) is 4.57 Å². The molecule has 1 heterocycles. The topological polar surface area (TPSA) is 45.4 Å². The van der Waals surface area contributed by atoms with Crippen LogP contribution < -0.4 is 0 Å². The first-order chi connectivity index (χ1) is 9.17. The third kappa shape index (κ3) is 3.11. The van der Waals surface area contributed by atoms with E-state index in [1.807, 2.05) is 13.0 Å². The van der Waals surface area contributed by atoms with Gasteiger partial charge in [0.15, 0.2) is 0 Å². The Morgan fingerprint density at radius 3 is 2.58 bits per heavy atom. The van der Waals surface area contributed by atoms with Gasteiger partial charge in [0.1, 0.15) is 0 Å². The zero-order chi connectivity index (χ0) is 13.8. The number of aromatic nitrogens is 1. The molecule has 0 aliphatic rings. The quantitative estimate of drug-likeness (QED) is 0.855. The number of aliphatic hydroxyl groups excluding tert-OH is 2. The summed E-state index contributed by atoms with van der Waals surface area (Å²) in [5.74, 6) is 0. The van der Waals surface area contributed by atoms with Crippen molar-refractivity contribution < 1.29 is 10.2 Å². The molecule has 4 heteroatoms. The smallest absolute Gasteiger partial charge is 0.0498 e. The van der Waals surface area contributed by atoms with Gasteiger partial charge >= 0.3 is 0 Å². The van der Waals surface area contributed by atoms with E-state index in [4.69, 9.17) is 21.8 Å². The molecule has 0 radical (unpaired) electrons. The minimum absolute atomic E-state index is 0.186. The molecule has 0 aliphatic heterocycles. The van der Waals surface area contributed by atoms with E-state index in [0.29, 0.717) is 0 Å². The fourth-order valence-electron chi connectivity index (χ4n) is 2.39. The Hall–Kier alpha value is -1.03. The Balaban J connectivity index is 2.46. The van der Waals surface area contributed by atoms with Crippen LogP contribution in [0.1, 0.15) is 24.0 Å². The van der Waals surface area contributed by atoms with E-state index in [0.717, 1.165) is 41.9 Å². The molecule has 0 spiro atoms. The van der Waals surface area contributed by atoms with Crippen LogP contribution in [0.15, 0.2) is 18.3 Å². The number of hydrogen-bond acceptors (Lipinski definition) is 2. The molecule has 0 unspecified atom stereocenters. The van der Waals surface area contributed by atoms with Crippen molar-refractivity contribution in [1.29, 1.82) is 0 Å². The van der Waals surface area contributed by atoms with Gasteiger partial charge in [-0.25, -0.2) is 0 Å². The maximum absolute atomic E-state index is 8.99. The summed E-state index contributed by atoms with van der Waals surface area (Å²) >= 11 is 6.20. The lowest BCUT2D eigenvalue weighted by Crippen LogP contribution is -1.98. The molecule has 1 aromatic carbocycles. The van der Waals surface area contributed by atoms with Crippen molar-refractivity contribution in [3.05, 3.63) is 34.5 Å². The largest absolute Gasteiger partial charge is 0.396 e. The molecule has 19 heavy (non-hydrogen) atoms. The summed E-state index contributed by atoms with van der Waals surface area (Å²) in [7, 11) is 0. The first-order valence-corrected chi connectivity index (χ1v) is 7.04. The number of nitrogens with zero attached hydrogens (tertiary/aromatic N) is 1. The second-order valence-electron chi connectivity index (χ2n) is 4.87. The zero-order valence-electron chi connectivity index (χ0n) is 11.2. The summed E-state index contributed by atoms with van der Waals surface area (Å²) in [4.78, 5) is 0. The van der Waals surface area contributed by atoms with Crippen molar-refractivity contribution in [2.45, 2.75) is 32.7 Å². The lowest BCUT2D eigenvalue weighted by Gasteiger charge is -2.05. The maximum Gasteiger partial charge on any atom is 0.0498 e. The fraction of sp³-hybridized carbons (Fsp3) is 0.467. The van der Waals surface area contributed by atoms with Crippen LogP contribution in [0.5, 0.6) is 0 Å². The molecule has 0 aliphatic carbocycles. The zero-order valence-corrected chi connectivity index (χ0v) is 12.0. The molecule has 2 N–H and O–H groups in total. The third-order valence-electron chi connectivity index (χ3n) is 3.41. The van der Waals surface area contributed by atoms with E-state index in [1.165, 1.54) is 10.9 Å². The maximum atomic E-state index is 8.99. The van der Waals surface area contributed by atoms with Crippen LogP contribution in [0.3, 0.4) is 0 Å². The first-order valence-electron chi connectivity index (χ1n) is 6.67. The highest BCUT2D eigenvalue weighted by molar-refractivity contribution is 6.32. The highest BCUT2D eigenvalue weighted by atomic mass is 35.5. The molecule has 1 aromatic heterocycles. The molecular formula is C15H20ClNO2. The standard InChI is InChI=1S/C15H20ClNO2/c1-11-8-13-12(4-2-6-18)10-17(5-3-7-19)15(13)9-14(11)16/h8-10,18-19H,2-7H2,1H3. The summed E-state index contributed by atoms with van der Waals surface area (Å²) in [6.45, 7) is 3.18. The number of hydrogen-bond donors (Lipinski definition) is 2. The molecule has 0 saturated heterocycles. The molecule has 0 atom stereocenters. The van der Waals surface area contributed by atoms with Crippen LogP contribution in [0.25, 0.3) is 10.9 Å². The van der Waals surface area contributed by atoms with E-state index in [1.54, 1.807) is 0 Å². The molecule has 104 valence electrons. The lowest BCUT2D eigenvalue weighted by atomic mass is 10.1. The van der Waals surface area contributed by atoms with Gasteiger partial charge in [-0.3, -0.25) is 0 Å². The van der Waals surface area contributed by atoms with Crippen molar-refractivity contribution in [3.63, 3.8) is 0 Å². The Morgan fingerprint density at radius 1 is 1.16 bits per heavy atom. The lowest BCUT2D eigenvalue weighted by molar-refractivity contribution is 0.280. The van der Waals surface area contributed by atoms with Gasteiger partial charge in [0.05, 0.1) is 0 Å². The van der Waals surface area contributed by atoms with Gasteiger partial charge in [0.25, 0.3) is 0 Å². The minimum Gasteiger partial charge on any atom is -0.396 e. The summed E-state index contributed by atoms with van der Waals surface area (Å²) in [5.41, 5.74) is 3.41. The summed E-state index contributed by atoms with van der Waals surface area (Å²) in [5, 5.41) is 19.9. The number of fused-ring (bicyclic) bond motifs is 1. The van der Waals surface area contributed by atoms with Crippen LogP contribution in [0, 0.1) is 6.92 Å². The highest BCUT2D eigenvalue weighted by Crippen LogP contribution is 2.28. The van der Waals surface area contributed by atoms with Gasteiger partial charge in [0, 0.05) is 41.9 Å². The number of aliphatic hydroxyl groups is 2. The number of benzene rings is 1. The molecule has 3 nitrogen and oxygen atoms in total. The van der Waals surface area contributed by atoms with Gasteiger partial charge < -0.3 is 14.8 Å². The van der Waals surface area contributed by atoms with Crippen molar-refractivity contribution in [2.75, 3.05) is 13.2 Å². The van der Waals surface area contributed by atoms with Crippen LogP contribution in [0.4, 0.5) is 0 Å². The van der Waals surface area contributed by atoms with Crippen LogP contribution in [-0.2, 0) is 13.0 Å². The summed E-state index contributed by atoms with van der Waals surface area (Å²) in [6.07, 6.45) is 4.47. The molecule has 0 fully saturated rings. The Kier molecular flexibility index (Phi) is 4.86. The van der Waals surface area contributed by atoms with Crippen molar-refractivity contribution >= 4 is 22.5 Å². The van der Waals surface area contributed by atoms with Gasteiger partial charge in [-0.15, -0.1) is 0 Å². The second-order valence-corrected chi connectivity index (χ2v) is 5.28. The van der Waals surface area contributed by atoms with E-state index in [2.05, 4.69) is 16.8 Å². The van der Waals surface area contributed by atoms with Crippen LogP contribution in [-0.4, -0.2) is 28.0 Å². The molecule has 0 saturated carbocycles. The van der Waals surface area contributed by atoms with Crippen molar-refractivity contribution in [3.8, 4) is 0 Å². The van der Waals surface area contributed by atoms with E-state index >= 15 is 0 Å². The molecule has 2 rings (SSSR count). The number of rotatable bonds is 6. The molecular weight excluding hydrogens is 262 g/mol. The van der Waals surface area contributed by atoms with Crippen molar-refractivity contribution in [2.24, 2.45) is 0 Å².